The Labute approximate surface area is 110 Å². The van der Waals surface area contributed by atoms with Crippen LogP contribution in [0.25, 0.3) is 0 Å². The maximum Gasteiger partial charge on any atom is 0.115 e. The van der Waals surface area contributed by atoms with E-state index in [0.29, 0.717) is 5.75 Å². The van der Waals surface area contributed by atoms with Crippen LogP contribution in [0, 0.1) is 0 Å². The number of hydrogen-bond acceptors (Lipinski definition) is 1. The molecule has 0 amide bonds. The maximum absolute atomic E-state index is 9.12. The van der Waals surface area contributed by atoms with Gasteiger partial charge in [0.25, 0.3) is 0 Å². The molecule has 0 fully saturated rings. The van der Waals surface area contributed by atoms with E-state index in [1.165, 1.54) is 24.0 Å². The number of aromatic hydroxyl groups is 1. The first-order valence-corrected chi connectivity index (χ1v) is 6.58. The van der Waals surface area contributed by atoms with Gasteiger partial charge in [-0.15, -0.1) is 0 Å². The molecule has 2 aromatic rings. The Morgan fingerprint density at radius 1 is 0.722 bits per heavy atom. The lowest BCUT2D eigenvalue weighted by Crippen LogP contribution is -1.86. The lowest BCUT2D eigenvalue weighted by molar-refractivity contribution is 0.475. The molecule has 0 aliphatic carbocycles. The third-order valence-electron chi connectivity index (χ3n) is 2.69. The van der Waals surface area contributed by atoms with Crippen LogP contribution in [-0.4, -0.2) is 5.11 Å². The fraction of sp³-hybridized carbons (Fsp3) is 0.294. The average molecular weight is 242 g/mol. The Hall–Kier alpha value is -1.76. The molecule has 2 aromatic carbocycles. The summed E-state index contributed by atoms with van der Waals surface area (Å²) in [6.07, 6.45) is 3.56. The van der Waals surface area contributed by atoms with Gasteiger partial charge in [-0.25, -0.2) is 0 Å². The van der Waals surface area contributed by atoms with Gasteiger partial charge >= 0.3 is 0 Å². The third kappa shape index (κ3) is 5.53. The van der Waals surface area contributed by atoms with Crippen LogP contribution in [0.3, 0.4) is 0 Å². The molecule has 0 aliphatic heterocycles. The largest absolute Gasteiger partial charge is 0.508 e. The number of phenolic OH excluding ortho intramolecular Hbond substituents is 1. The van der Waals surface area contributed by atoms with Crippen molar-refractivity contribution in [3.63, 3.8) is 0 Å². The van der Waals surface area contributed by atoms with Crippen LogP contribution in [0.5, 0.6) is 5.75 Å². The molecule has 0 saturated carbocycles. The van der Waals surface area contributed by atoms with Crippen LogP contribution in [0.2, 0.25) is 0 Å². The van der Waals surface area contributed by atoms with Crippen molar-refractivity contribution in [1.29, 1.82) is 0 Å². The van der Waals surface area contributed by atoms with Gasteiger partial charge in [0.2, 0.25) is 0 Å². The average Bonchev–Trinajstić information content (AvgIpc) is 2.43. The molecule has 1 nitrogen and oxygen atoms in total. The van der Waals surface area contributed by atoms with Crippen molar-refractivity contribution in [3.8, 4) is 5.75 Å². The number of hydrogen-bond donors (Lipinski definition) is 1. The van der Waals surface area contributed by atoms with Gasteiger partial charge in [-0.2, -0.15) is 0 Å². The molecule has 0 atom stereocenters. The molecule has 0 heterocycles. The fourth-order valence-electron chi connectivity index (χ4n) is 1.45. The van der Waals surface area contributed by atoms with Gasteiger partial charge in [0.05, 0.1) is 0 Å². The van der Waals surface area contributed by atoms with E-state index in [-0.39, 0.29) is 0 Å². The molecule has 0 aromatic heterocycles. The first-order chi connectivity index (χ1) is 8.76. The van der Waals surface area contributed by atoms with Crippen molar-refractivity contribution >= 4 is 0 Å². The van der Waals surface area contributed by atoms with Crippen LogP contribution < -0.4 is 0 Å². The Bertz CT molecular complexity index is 415. The zero-order valence-corrected chi connectivity index (χ0v) is 11.3. The van der Waals surface area contributed by atoms with E-state index in [0.717, 1.165) is 6.42 Å². The van der Waals surface area contributed by atoms with E-state index in [1.807, 2.05) is 30.3 Å². The summed E-state index contributed by atoms with van der Waals surface area (Å²) in [5.41, 5.74) is 2.51. The van der Waals surface area contributed by atoms with Gasteiger partial charge in [-0.3, -0.25) is 0 Å². The van der Waals surface area contributed by atoms with Gasteiger partial charge in [-0.05, 0) is 29.7 Å². The highest BCUT2D eigenvalue weighted by Crippen LogP contribution is 2.13. The number of benzene rings is 2. The quantitative estimate of drug-likeness (QED) is 0.820. The third-order valence-corrected chi connectivity index (χ3v) is 2.69. The Balaban J connectivity index is 0.000000357. The highest BCUT2D eigenvalue weighted by atomic mass is 16.3. The monoisotopic (exact) mass is 242 g/mol. The minimum Gasteiger partial charge on any atom is -0.508 e. The summed E-state index contributed by atoms with van der Waals surface area (Å²) in [6.45, 7) is 4.36. The Kier molecular flexibility index (Phi) is 6.63. The minimum atomic E-state index is 0.321. The van der Waals surface area contributed by atoms with E-state index in [1.54, 1.807) is 12.1 Å². The number of unbranched alkanes of at least 4 members (excludes halogenated alkanes) is 1. The molecule has 96 valence electrons. The first kappa shape index (κ1) is 14.3. The van der Waals surface area contributed by atoms with E-state index in [4.69, 9.17) is 5.11 Å². The van der Waals surface area contributed by atoms with Gasteiger partial charge in [0.1, 0.15) is 5.75 Å². The standard InChI is InChI=1S/C13H12O.C4H10/c14-13-8-6-12(7-9-13)10-11-4-2-1-3-5-11;1-3-4-2/h1-9,14H,10H2;3-4H2,1-2H3. The summed E-state index contributed by atoms with van der Waals surface area (Å²) in [7, 11) is 0. The molecular formula is C17H22O. The summed E-state index contributed by atoms with van der Waals surface area (Å²) < 4.78 is 0. The van der Waals surface area contributed by atoms with Crippen molar-refractivity contribution in [3.05, 3.63) is 65.7 Å². The molecule has 0 spiro atoms. The van der Waals surface area contributed by atoms with E-state index in [2.05, 4.69) is 26.0 Å². The lowest BCUT2D eigenvalue weighted by atomic mass is 10.1. The molecule has 18 heavy (non-hydrogen) atoms. The summed E-state index contributed by atoms with van der Waals surface area (Å²) in [5, 5.41) is 9.12. The van der Waals surface area contributed by atoms with Crippen molar-refractivity contribution in [1.82, 2.24) is 0 Å². The summed E-state index contributed by atoms with van der Waals surface area (Å²) in [6, 6.07) is 17.6. The molecular weight excluding hydrogens is 220 g/mol. The summed E-state index contributed by atoms with van der Waals surface area (Å²) >= 11 is 0. The highest BCUT2D eigenvalue weighted by molar-refractivity contribution is 5.30. The van der Waals surface area contributed by atoms with Crippen LogP contribution >= 0.6 is 0 Å². The molecule has 0 radical (unpaired) electrons. The van der Waals surface area contributed by atoms with Crippen LogP contribution in [0.15, 0.2) is 54.6 Å². The molecule has 0 aliphatic rings. The molecule has 1 N–H and O–H groups in total. The second-order valence-electron chi connectivity index (χ2n) is 4.33. The Morgan fingerprint density at radius 3 is 1.72 bits per heavy atom. The van der Waals surface area contributed by atoms with Crippen molar-refractivity contribution in [2.45, 2.75) is 33.1 Å². The zero-order chi connectivity index (χ0) is 13.2. The first-order valence-electron chi connectivity index (χ1n) is 6.58. The van der Waals surface area contributed by atoms with Gasteiger partial charge in [0.15, 0.2) is 0 Å². The molecule has 0 bridgehead atoms. The topological polar surface area (TPSA) is 20.2 Å². The summed E-state index contributed by atoms with van der Waals surface area (Å²) in [4.78, 5) is 0. The molecule has 0 saturated heterocycles. The van der Waals surface area contributed by atoms with E-state index < -0.39 is 0 Å². The SMILES string of the molecule is CCCC.Oc1ccc(Cc2ccccc2)cc1. The Morgan fingerprint density at radius 2 is 1.22 bits per heavy atom. The van der Waals surface area contributed by atoms with E-state index in [9.17, 15) is 0 Å². The second kappa shape index (κ2) is 8.35. The fourth-order valence-corrected chi connectivity index (χ4v) is 1.45. The number of rotatable bonds is 3. The van der Waals surface area contributed by atoms with Crippen molar-refractivity contribution < 1.29 is 5.11 Å². The molecule has 1 heteroatoms. The van der Waals surface area contributed by atoms with Crippen LogP contribution in [-0.2, 0) is 6.42 Å². The second-order valence-corrected chi connectivity index (χ2v) is 4.33. The molecule has 2 rings (SSSR count). The van der Waals surface area contributed by atoms with Crippen LogP contribution in [0.1, 0.15) is 37.8 Å². The van der Waals surface area contributed by atoms with Crippen molar-refractivity contribution in [2.24, 2.45) is 0 Å². The maximum atomic E-state index is 9.12. The highest BCUT2D eigenvalue weighted by Gasteiger charge is 1.95. The van der Waals surface area contributed by atoms with Gasteiger partial charge < -0.3 is 5.11 Å². The normalized spacial score (nSPS) is 9.44. The zero-order valence-electron chi connectivity index (χ0n) is 11.3. The van der Waals surface area contributed by atoms with Crippen molar-refractivity contribution in [2.75, 3.05) is 0 Å². The van der Waals surface area contributed by atoms with Crippen LogP contribution in [0.4, 0.5) is 0 Å². The minimum absolute atomic E-state index is 0.321. The lowest BCUT2D eigenvalue weighted by Gasteiger charge is -2.01. The number of phenols is 1. The summed E-state index contributed by atoms with van der Waals surface area (Å²) in [5.74, 6) is 0.321. The predicted octanol–water partition coefficient (Wildman–Crippen LogP) is 4.79. The van der Waals surface area contributed by atoms with E-state index >= 15 is 0 Å². The smallest absolute Gasteiger partial charge is 0.115 e. The molecule has 0 unspecified atom stereocenters. The van der Waals surface area contributed by atoms with Gasteiger partial charge in [-0.1, -0.05) is 69.2 Å². The predicted molar refractivity (Wildman–Crippen MR) is 77.9 cm³/mol. The van der Waals surface area contributed by atoms with Gasteiger partial charge in [0, 0.05) is 0 Å².